The number of H-pyrrole nitrogens is 1. The second kappa shape index (κ2) is 5.85. The van der Waals surface area contributed by atoms with Gasteiger partial charge in [0.2, 0.25) is 5.91 Å². The van der Waals surface area contributed by atoms with Crippen molar-refractivity contribution in [3.8, 4) is 0 Å². The molecule has 2 aromatic rings. The highest BCUT2D eigenvalue weighted by atomic mass is 16.1. The number of carbonyl (C=O) groups is 1. The molecule has 0 aliphatic rings. The minimum Gasteiger partial charge on any atom is -0.346 e. The average molecular weight is 246 g/mol. The molecule has 1 atom stereocenters. The molecule has 1 unspecified atom stereocenters. The summed E-state index contributed by atoms with van der Waals surface area (Å²) in [5.41, 5.74) is 0.903. The monoisotopic (exact) mass is 246 g/mol. The molecule has 94 valence electrons. The van der Waals surface area contributed by atoms with Gasteiger partial charge < -0.3 is 5.32 Å². The number of hydrogen-bond donors (Lipinski definition) is 2. The average Bonchev–Trinajstić information content (AvgIpc) is 2.91. The number of hydrogen-bond acceptors (Lipinski definition) is 5. The zero-order valence-electron chi connectivity index (χ0n) is 10.00. The second-order valence-electron chi connectivity index (χ2n) is 3.88. The smallest absolute Gasteiger partial charge is 0.220 e. The van der Waals surface area contributed by atoms with E-state index >= 15 is 0 Å². The highest BCUT2D eigenvalue weighted by Crippen LogP contribution is 2.04. The molecule has 1 amide bonds. The first kappa shape index (κ1) is 12.2. The van der Waals surface area contributed by atoms with E-state index in [0.717, 1.165) is 5.69 Å². The Hall–Kier alpha value is -2.31. The number of aryl methyl sites for hydroxylation is 1. The maximum Gasteiger partial charge on any atom is 0.220 e. The summed E-state index contributed by atoms with van der Waals surface area (Å²) in [6.07, 6.45) is 2.72. The number of aromatic nitrogens is 5. The van der Waals surface area contributed by atoms with Crippen molar-refractivity contribution in [1.82, 2.24) is 30.9 Å². The minimum atomic E-state index is -0.250. The predicted molar refractivity (Wildman–Crippen MR) is 63.3 cm³/mol. The van der Waals surface area contributed by atoms with E-state index in [1.54, 1.807) is 6.20 Å². The molecule has 0 fully saturated rings. The quantitative estimate of drug-likeness (QED) is 0.796. The molecule has 2 aromatic heterocycles. The molecular formula is C11H14N6O. The molecule has 7 nitrogen and oxygen atoms in total. The van der Waals surface area contributed by atoms with Crippen molar-refractivity contribution in [1.29, 1.82) is 0 Å². The van der Waals surface area contributed by atoms with Crippen molar-refractivity contribution in [3.05, 3.63) is 35.9 Å². The maximum atomic E-state index is 11.7. The van der Waals surface area contributed by atoms with E-state index in [0.29, 0.717) is 18.7 Å². The third-order valence-electron chi connectivity index (χ3n) is 2.46. The standard InChI is InChI=1S/C11H14N6O/c1-8(11-14-16-17-15-11)13-10(18)6-5-9-4-2-3-7-12-9/h2-4,7-8H,5-6H2,1H3,(H,13,18)(H,14,15,16,17). The van der Waals surface area contributed by atoms with Crippen molar-refractivity contribution in [3.63, 3.8) is 0 Å². The van der Waals surface area contributed by atoms with Crippen LogP contribution in [0.5, 0.6) is 0 Å². The third-order valence-corrected chi connectivity index (χ3v) is 2.46. The van der Waals surface area contributed by atoms with Crippen LogP contribution in [-0.4, -0.2) is 31.5 Å². The molecule has 18 heavy (non-hydrogen) atoms. The molecule has 0 aliphatic heterocycles. The number of pyridine rings is 1. The van der Waals surface area contributed by atoms with Crippen LogP contribution in [-0.2, 0) is 11.2 Å². The van der Waals surface area contributed by atoms with Gasteiger partial charge in [-0.25, -0.2) is 0 Å². The second-order valence-corrected chi connectivity index (χ2v) is 3.88. The lowest BCUT2D eigenvalue weighted by Gasteiger charge is -2.09. The Morgan fingerprint density at radius 1 is 1.50 bits per heavy atom. The molecule has 2 heterocycles. The van der Waals surface area contributed by atoms with Crippen LogP contribution in [0, 0.1) is 0 Å². The Morgan fingerprint density at radius 3 is 3.06 bits per heavy atom. The number of aromatic amines is 1. The van der Waals surface area contributed by atoms with Gasteiger partial charge in [-0.15, -0.1) is 10.2 Å². The molecule has 7 heteroatoms. The largest absolute Gasteiger partial charge is 0.346 e. The van der Waals surface area contributed by atoms with E-state index in [1.165, 1.54) is 0 Å². The lowest BCUT2D eigenvalue weighted by Crippen LogP contribution is -2.27. The summed E-state index contributed by atoms with van der Waals surface area (Å²) in [4.78, 5) is 15.9. The van der Waals surface area contributed by atoms with E-state index in [4.69, 9.17) is 0 Å². The van der Waals surface area contributed by atoms with Gasteiger partial charge in [0.15, 0.2) is 5.82 Å². The normalized spacial score (nSPS) is 12.1. The van der Waals surface area contributed by atoms with Crippen LogP contribution in [0.4, 0.5) is 0 Å². The number of carbonyl (C=O) groups excluding carboxylic acids is 1. The number of tetrazole rings is 1. The molecule has 0 saturated carbocycles. The molecule has 0 spiro atoms. The molecule has 2 rings (SSSR count). The minimum absolute atomic E-state index is 0.0575. The van der Waals surface area contributed by atoms with Crippen LogP contribution in [0.3, 0.4) is 0 Å². The summed E-state index contributed by atoms with van der Waals surface area (Å²) in [5.74, 6) is 0.416. The molecular weight excluding hydrogens is 232 g/mol. The Kier molecular flexibility index (Phi) is 3.95. The van der Waals surface area contributed by atoms with E-state index < -0.39 is 0 Å². The van der Waals surface area contributed by atoms with Crippen molar-refractivity contribution < 1.29 is 4.79 Å². The number of nitrogens with zero attached hydrogens (tertiary/aromatic N) is 4. The number of amides is 1. The Bertz CT molecular complexity index is 483. The summed E-state index contributed by atoms with van der Waals surface area (Å²) in [7, 11) is 0. The maximum absolute atomic E-state index is 11.7. The first-order valence-electron chi connectivity index (χ1n) is 5.68. The van der Waals surface area contributed by atoms with Gasteiger partial charge in [0, 0.05) is 18.3 Å². The van der Waals surface area contributed by atoms with Crippen LogP contribution in [0.25, 0.3) is 0 Å². The van der Waals surface area contributed by atoms with Gasteiger partial charge in [-0.2, -0.15) is 5.21 Å². The van der Waals surface area contributed by atoms with Crippen molar-refractivity contribution in [2.24, 2.45) is 0 Å². The fourth-order valence-electron chi connectivity index (χ4n) is 1.52. The summed E-state index contributed by atoms with van der Waals surface area (Å²) in [5, 5.41) is 16.2. The SMILES string of the molecule is CC(NC(=O)CCc1ccccn1)c1nn[nH]n1. The van der Waals surface area contributed by atoms with Gasteiger partial charge in [0.1, 0.15) is 0 Å². The number of nitrogens with one attached hydrogen (secondary N) is 2. The molecule has 0 bridgehead atoms. The van der Waals surface area contributed by atoms with Crippen LogP contribution in [0.15, 0.2) is 24.4 Å². The van der Waals surface area contributed by atoms with Crippen LogP contribution in [0.1, 0.15) is 30.9 Å². The molecule has 0 saturated heterocycles. The third kappa shape index (κ3) is 3.34. The van der Waals surface area contributed by atoms with Crippen LogP contribution < -0.4 is 5.32 Å². The van der Waals surface area contributed by atoms with E-state index in [2.05, 4.69) is 30.9 Å². The van der Waals surface area contributed by atoms with Gasteiger partial charge in [0.05, 0.1) is 6.04 Å². The van der Waals surface area contributed by atoms with Crippen molar-refractivity contribution in [2.75, 3.05) is 0 Å². The van der Waals surface area contributed by atoms with Crippen LogP contribution >= 0.6 is 0 Å². The summed E-state index contributed by atoms with van der Waals surface area (Å²) >= 11 is 0. The fraction of sp³-hybridized carbons (Fsp3) is 0.364. The Labute approximate surface area is 104 Å². The summed E-state index contributed by atoms with van der Waals surface area (Å²) in [6.45, 7) is 1.81. The van der Waals surface area contributed by atoms with Gasteiger partial charge in [0.25, 0.3) is 0 Å². The molecule has 2 N–H and O–H groups in total. The lowest BCUT2D eigenvalue weighted by molar-refractivity contribution is -0.121. The lowest BCUT2D eigenvalue weighted by atomic mass is 10.2. The molecule has 0 aromatic carbocycles. The Balaban J connectivity index is 1.79. The highest BCUT2D eigenvalue weighted by Gasteiger charge is 2.13. The van der Waals surface area contributed by atoms with Gasteiger partial charge in [-0.05, 0) is 25.5 Å². The number of rotatable bonds is 5. The van der Waals surface area contributed by atoms with Gasteiger partial charge in [-0.3, -0.25) is 9.78 Å². The first-order valence-corrected chi connectivity index (χ1v) is 5.68. The highest BCUT2D eigenvalue weighted by molar-refractivity contribution is 5.76. The van der Waals surface area contributed by atoms with Gasteiger partial charge in [-0.1, -0.05) is 11.3 Å². The first-order chi connectivity index (χ1) is 8.75. The summed E-state index contributed by atoms with van der Waals surface area (Å²) < 4.78 is 0. The van der Waals surface area contributed by atoms with E-state index in [9.17, 15) is 4.79 Å². The summed E-state index contributed by atoms with van der Waals surface area (Å²) in [6, 6.07) is 5.40. The van der Waals surface area contributed by atoms with Crippen molar-refractivity contribution in [2.45, 2.75) is 25.8 Å². The van der Waals surface area contributed by atoms with E-state index in [-0.39, 0.29) is 11.9 Å². The molecule has 0 aliphatic carbocycles. The van der Waals surface area contributed by atoms with Crippen molar-refractivity contribution >= 4 is 5.91 Å². The fourth-order valence-corrected chi connectivity index (χ4v) is 1.52. The topological polar surface area (TPSA) is 96.5 Å². The van der Waals surface area contributed by atoms with Gasteiger partial charge >= 0.3 is 0 Å². The zero-order valence-corrected chi connectivity index (χ0v) is 10.00. The molecule has 0 radical (unpaired) electrons. The predicted octanol–water partition coefficient (Wildman–Crippen LogP) is 0.405. The Morgan fingerprint density at radius 2 is 2.39 bits per heavy atom. The van der Waals surface area contributed by atoms with E-state index in [1.807, 2.05) is 25.1 Å². The zero-order chi connectivity index (χ0) is 12.8. The van der Waals surface area contributed by atoms with Crippen LogP contribution in [0.2, 0.25) is 0 Å².